The fourth-order valence-electron chi connectivity index (χ4n) is 2.32. The lowest BCUT2D eigenvalue weighted by Crippen LogP contribution is -2.42. The van der Waals surface area contributed by atoms with E-state index >= 15 is 0 Å². The number of nitrogens with two attached hydrogens (primary N) is 1. The third-order valence-electron chi connectivity index (χ3n) is 3.38. The molecule has 0 bridgehead atoms. The quantitative estimate of drug-likeness (QED) is 0.765. The Morgan fingerprint density at radius 3 is 2.68 bits per heavy atom. The first-order valence-electron chi connectivity index (χ1n) is 6.68. The molecule has 5 heteroatoms. The van der Waals surface area contributed by atoms with E-state index in [9.17, 15) is 5.11 Å². The third kappa shape index (κ3) is 4.54. The molecule has 3 N–H and O–H groups in total. The van der Waals surface area contributed by atoms with Crippen molar-refractivity contribution in [2.45, 2.75) is 38.5 Å². The molecule has 0 fully saturated rings. The number of likely N-dealkylation sites (N-methyl/N-ethyl adjacent to an activating group) is 1. The van der Waals surface area contributed by atoms with Crippen LogP contribution in [0, 0.1) is 6.92 Å². The zero-order valence-corrected chi connectivity index (χ0v) is 13.1. The van der Waals surface area contributed by atoms with Gasteiger partial charge in [0.25, 0.3) is 0 Å². The summed E-state index contributed by atoms with van der Waals surface area (Å²) < 4.78 is 4.98. The summed E-state index contributed by atoms with van der Waals surface area (Å²) in [6.45, 7) is 5.12. The number of hydrogen-bond donors (Lipinski definition) is 2. The molecule has 3 unspecified atom stereocenters. The van der Waals surface area contributed by atoms with Crippen LogP contribution in [-0.2, 0) is 4.74 Å². The number of aliphatic hydroxyl groups excluding tert-OH is 1. The van der Waals surface area contributed by atoms with Gasteiger partial charge in [-0.25, -0.2) is 0 Å². The van der Waals surface area contributed by atoms with Gasteiger partial charge >= 0.3 is 0 Å². The maximum atomic E-state index is 9.89. The van der Waals surface area contributed by atoms with Crippen molar-refractivity contribution in [1.82, 2.24) is 4.90 Å². The number of rotatable bonds is 8. The van der Waals surface area contributed by atoms with Gasteiger partial charge in [-0.1, -0.05) is 6.92 Å². The van der Waals surface area contributed by atoms with Crippen LogP contribution in [0.3, 0.4) is 0 Å². The second kappa shape index (κ2) is 7.97. The van der Waals surface area contributed by atoms with Crippen LogP contribution < -0.4 is 5.73 Å². The molecule has 1 heterocycles. The molecular weight excluding hydrogens is 260 g/mol. The summed E-state index contributed by atoms with van der Waals surface area (Å²) in [7, 11) is 3.61. The van der Waals surface area contributed by atoms with Crippen LogP contribution in [0.4, 0.5) is 0 Å². The first kappa shape index (κ1) is 16.6. The highest BCUT2D eigenvalue weighted by atomic mass is 32.1. The first-order chi connectivity index (χ1) is 9.01. The van der Waals surface area contributed by atoms with E-state index in [1.54, 1.807) is 18.4 Å². The third-order valence-corrected chi connectivity index (χ3v) is 4.47. The van der Waals surface area contributed by atoms with E-state index in [1.165, 1.54) is 10.4 Å². The van der Waals surface area contributed by atoms with Crippen molar-refractivity contribution in [3.63, 3.8) is 0 Å². The van der Waals surface area contributed by atoms with Crippen LogP contribution in [0.5, 0.6) is 0 Å². The van der Waals surface area contributed by atoms with E-state index in [2.05, 4.69) is 30.2 Å². The predicted octanol–water partition coefficient (Wildman–Crippen LogP) is 1.77. The van der Waals surface area contributed by atoms with Gasteiger partial charge in [-0.05, 0) is 37.4 Å². The van der Waals surface area contributed by atoms with Crippen molar-refractivity contribution in [2.24, 2.45) is 5.73 Å². The van der Waals surface area contributed by atoms with Crippen molar-refractivity contribution in [2.75, 3.05) is 27.3 Å². The minimum absolute atomic E-state index is 0.0668. The summed E-state index contributed by atoms with van der Waals surface area (Å²) >= 11 is 1.74. The SMILES string of the molecule is CCC(N)C(c1sccc1C)N(C)CC(O)COC. The lowest BCUT2D eigenvalue weighted by molar-refractivity contribution is 0.0312. The fourth-order valence-corrected chi connectivity index (χ4v) is 3.49. The molecule has 19 heavy (non-hydrogen) atoms. The first-order valence-corrected chi connectivity index (χ1v) is 7.56. The maximum Gasteiger partial charge on any atom is 0.0900 e. The summed E-state index contributed by atoms with van der Waals surface area (Å²) in [4.78, 5) is 3.43. The summed E-state index contributed by atoms with van der Waals surface area (Å²) in [5.41, 5.74) is 7.55. The highest BCUT2D eigenvalue weighted by Crippen LogP contribution is 2.31. The van der Waals surface area contributed by atoms with E-state index < -0.39 is 6.10 Å². The Morgan fingerprint density at radius 1 is 1.53 bits per heavy atom. The van der Waals surface area contributed by atoms with Gasteiger partial charge in [0.15, 0.2) is 0 Å². The number of nitrogens with zero attached hydrogens (tertiary/aromatic N) is 1. The van der Waals surface area contributed by atoms with Crippen LogP contribution in [0.15, 0.2) is 11.4 Å². The molecule has 0 radical (unpaired) electrons. The van der Waals surface area contributed by atoms with Crippen molar-refractivity contribution < 1.29 is 9.84 Å². The fraction of sp³-hybridized carbons (Fsp3) is 0.714. The Bertz CT molecular complexity index is 370. The lowest BCUT2D eigenvalue weighted by atomic mass is 10.0. The van der Waals surface area contributed by atoms with E-state index in [1.807, 2.05) is 7.05 Å². The molecule has 0 aliphatic rings. The molecule has 1 rings (SSSR count). The van der Waals surface area contributed by atoms with Gasteiger partial charge in [0.05, 0.1) is 18.8 Å². The Balaban J connectivity index is 2.83. The van der Waals surface area contributed by atoms with Crippen LogP contribution >= 0.6 is 11.3 Å². The van der Waals surface area contributed by atoms with Crippen molar-refractivity contribution in [3.8, 4) is 0 Å². The van der Waals surface area contributed by atoms with E-state index in [0.717, 1.165) is 6.42 Å². The van der Waals surface area contributed by atoms with Crippen LogP contribution in [-0.4, -0.2) is 49.5 Å². The van der Waals surface area contributed by atoms with Crippen molar-refractivity contribution in [3.05, 3.63) is 21.9 Å². The lowest BCUT2D eigenvalue weighted by Gasteiger charge is -2.33. The molecular formula is C14H26N2O2S. The Labute approximate surface area is 120 Å². The van der Waals surface area contributed by atoms with Gasteiger partial charge in [0.2, 0.25) is 0 Å². The molecule has 0 amide bonds. The van der Waals surface area contributed by atoms with Gasteiger partial charge in [0, 0.05) is 24.6 Å². The molecule has 1 aromatic rings. The zero-order chi connectivity index (χ0) is 14.4. The monoisotopic (exact) mass is 286 g/mol. The molecule has 1 aromatic heterocycles. The topological polar surface area (TPSA) is 58.7 Å². The van der Waals surface area contributed by atoms with E-state index in [-0.39, 0.29) is 12.1 Å². The molecule has 0 spiro atoms. The Hall–Kier alpha value is -0.460. The highest BCUT2D eigenvalue weighted by molar-refractivity contribution is 7.10. The van der Waals surface area contributed by atoms with Gasteiger partial charge < -0.3 is 15.6 Å². The van der Waals surface area contributed by atoms with Gasteiger partial charge in [-0.3, -0.25) is 4.90 Å². The molecule has 0 aliphatic carbocycles. The largest absolute Gasteiger partial charge is 0.389 e. The maximum absolute atomic E-state index is 9.89. The molecule has 110 valence electrons. The molecule has 0 aliphatic heterocycles. The van der Waals surface area contributed by atoms with Crippen molar-refractivity contribution >= 4 is 11.3 Å². The van der Waals surface area contributed by atoms with E-state index in [0.29, 0.717) is 13.2 Å². The average Bonchev–Trinajstić information content (AvgIpc) is 2.76. The number of aryl methyl sites for hydroxylation is 1. The molecule has 0 saturated carbocycles. The minimum Gasteiger partial charge on any atom is -0.389 e. The predicted molar refractivity (Wildman–Crippen MR) is 80.6 cm³/mol. The average molecular weight is 286 g/mol. The molecule has 0 saturated heterocycles. The Kier molecular flexibility index (Phi) is 6.96. The van der Waals surface area contributed by atoms with Gasteiger partial charge in [0.1, 0.15) is 0 Å². The summed E-state index contributed by atoms with van der Waals surface area (Å²) in [6.07, 6.45) is 0.425. The summed E-state index contributed by atoms with van der Waals surface area (Å²) in [5, 5.41) is 12.0. The Morgan fingerprint density at radius 2 is 2.21 bits per heavy atom. The number of ether oxygens (including phenoxy) is 1. The standard InChI is InChI=1S/C14H26N2O2S/c1-5-12(15)13(14-10(2)6-7-19-14)16(3)8-11(17)9-18-4/h6-7,11-13,17H,5,8-9,15H2,1-4H3. The smallest absolute Gasteiger partial charge is 0.0900 e. The van der Waals surface area contributed by atoms with Gasteiger partial charge in [-0.15, -0.1) is 11.3 Å². The number of thiophene rings is 1. The summed E-state index contributed by atoms with van der Waals surface area (Å²) in [5.74, 6) is 0. The van der Waals surface area contributed by atoms with Gasteiger partial charge in [-0.2, -0.15) is 0 Å². The number of methoxy groups -OCH3 is 1. The van der Waals surface area contributed by atoms with Crippen LogP contribution in [0.2, 0.25) is 0 Å². The van der Waals surface area contributed by atoms with Crippen molar-refractivity contribution in [1.29, 1.82) is 0 Å². The second-order valence-electron chi connectivity index (χ2n) is 5.03. The normalized spacial score (nSPS) is 16.6. The molecule has 0 aromatic carbocycles. The molecule has 4 nitrogen and oxygen atoms in total. The highest BCUT2D eigenvalue weighted by Gasteiger charge is 2.26. The van der Waals surface area contributed by atoms with E-state index in [4.69, 9.17) is 10.5 Å². The van der Waals surface area contributed by atoms with Crippen LogP contribution in [0.25, 0.3) is 0 Å². The summed E-state index contributed by atoms with van der Waals surface area (Å²) in [6, 6.07) is 2.34. The van der Waals surface area contributed by atoms with Crippen LogP contribution in [0.1, 0.15) is 29.8 Å². The zero-order valence-electron chi connectivity index (χ0n) is 12.3. The number of hydrogen-bond acceptors (Lipinski definition) is 5. The number of aliphatic hydroxyl groups is 1. The minimum atomic E-state index is -0.484. The second-order valence-corrected chi connectivity index (χ2v) is 5.98. The molecule has 3 atom stereocenters.